The van der Waals surface area contributed by atoms with Gasteiger partial charge in [-0.2, -0.15) is 0 Å². The van der Waals surface area contributed by atoms with Crippen LogP contribution in [0, 0.1) is 0 Å². The highest BCUT2D eigenvalue weighted by Crippen LogP contribution is 2.13. The van der Waals surface area contributed by atoms with Gasteiger partial charge in [0, 0.05) is 12.6 Å². The average molecular weight is 345 g/mol. The van der Waals surface area contributed by atoms with Gasteiger partial charge in [-0.25, -0.2) is 17.9 Å². The van der Waals surface area contributed by atoms with E-state index in [0.29, 0.717) is 18.5 Å². The molecular formula is C18H19NO4S. The maximum atomic E-state index is 12.3. The molecule has 0 unspecified atom stereocenters. The van der Waals surface area contributed by atoms with E-state index in [4.69, 9.17) is 0 Å². The van der Waals surface area contributed by atoms with E-state index >= 15 is 0 Å². The van der Waals surface area contributed by atoms with Gasteiger partial charge in [0.05, 0.1) is 12.0 Å². The molecule has 0 amide bonds. The highest BCUT2D eigenvalue weighted by molar-refractivity contribution is 7.89. The monoisotopic (exact) mass is 345 g/mol. The Kier molecular flexibility index (Phi) is 6.28. The number of esters is 1. The summed E-state index contributed by atoms with van der Waals surface area (Å²) in [6.45, 7) is 0.314. The first-order valence-electron chi connectivity index (χ1n) is 7.41. The van der Waals surface area contributed by atoms with Crippen molar-refractivity contribution in [3.05, 3.63) is 71.8 Å². The maximum Gasteiger partial charge on any atom is 0.330 e. The highest BCUT2D eigenvalue weighted by atomic mass is 32.2. The van der Waals surface area contributed by atoms with Crippen molar-refractivity contribution < 1.29 is 17.9 Å². The quantitative estimate of drug-likeness (QED) is 0.618. The largest absolute Gasteiger partial charge is 0.466 e. The first-order valence-corrected chi connectivity index (χ1v) is 8.89. The summed E-state index contributed by atoms with van der Waals surface area (Å²) in [5.41, 5.74) is 1.67. The molecule has 0 atom stereocenters. The SMILES string of the molecule is COC(=O)/C=C/c1cccc(S(=O)(=O)NCCc2ccccc2)c1. The Morgan fingerprint density at radius 2 is 1.88 bits per heavy atom. The van der Waals surface area contributed by atoms with Crippen LogP contribution in [-0.2, 0) is 26.0 Å². The van der Waals surface area contributed by atoms with Gasteiger partial charge in [-0.15, -0.1) is 0 Å². The third-order valence-electron chi connectivity index (χ3n) is 3.33. The molecule has 2 aromatic rings. The average Bonchev–Trinajstić information content (AvgIpc) is 2.60. The van der Waals surface area contributed by atoms with E-state index in [1.54, 1.807) is 12.1 Å². The molecule has 0 fully saturated rings. The van der Waals surface area contributed by atoms with Crippen LogP contribution in [0.2, 0.25) is 0 Å². The Morgan fingerprint density at radius 1 is 1.12 bits per heavy atom. The Bertz CT molecular complexity index is 814. The second kappa shape index (κ2) is 8.42. The number of sulfonamides is 1. The van der Waals surface area contributed by atoms with E-state index in [9.17, 15) is 13.2 Å². The van der Waals surface area contributed by atoms with Gasteiger partial charge in [0.2, 0.25) is 10.0 Å². The third kappa shape index (κ3) is 5.33. The molecule has 1 N–H and O–H groups in total. The minimum Gasteiger partial charge on any atom is -0.466 e. The van der Waals surface area contributed by atoms with Gasteiger partial charge < -0.3 is 4.74 Å². The van der Waals surface area contributed by atoms with Gasteiger partial charge >= 0.3 is 5.97 Å². The molecule has 0 saturated heterocycles. The number of rotatable bonds is 7. The summed E-state index contributed by atoms with van der Waals surface area (Å²) in [7, 11) is -2.32. The van der Waals surface area contributed by atoms with E-state index in [2.05, 4.69) is 9.46 Å². The molecule has 6 heteroatoms. The summed E-state index contributed by atoms with van der Waals surface area (Å²) in [6.07, 6.45) is 3.37. The number of nitrogens with one attached hydrogen (secondary N) is 1. The minimum absolute atomic E-state index is 0.155. The Hall–Kier alpha value is -2.44. The summed E-state index contributed by atoms with van der Waals surface area (Å²) in [5.74, 6) is -0.496. The lowest BCUT2D eigenvalue weighted by Gasteiger charge is -2.07. The summed E-state index contributed by atoms with van der Waals surface area (Å²) in [6, 6.07) is 16.0. The van der Waals surface area contributed by atoms with Crippen molar-refractivity contribution in [2.45, 2.75) is 11.3 Å². The van der Waals surface area contributed by atoms with Crippen molar-refractivity contribution in [1.29, 1.82) is 0 Å². The van der Waals surface area contributed by atoms with Gasteiger partial charge in [0.1, 0.15) is 0 Å². The van der Waals surface area contributed by atoms with Crippen LogP contribution in [0.5, 0.6) is 0 Å². The number of benzene rings is 2. The van der Waals surface area contributed by atoms with Crippen molar-refractivity contribution >= 4 is 22.1 Å². The van der Waals surface area contributed by atoms with Crippen LogP contribution in [-0.4, -0.2) is 28.0 Å². The van der Waals surface area contributed by atoms with Gasteiger partial charge in [0.15, 0.2) is 0 Å². The summed E-state index contributed by atoms with van der Waals surface area (Å²) >= 11 is 0. The fourth-order valence-corrected chi connectivity index (χ4v) is 3.16. The fourth-order valence-electron chi connectivity index (χ4n) is 2.08. The van der Waals surface area contributed by atoms with Crippen LogP contribution in [0.3, 0.4) is 0 Å². The van der Waals surface area contributed by atoms with Crippen molar-refractivity contribution in [1.82, 2.24) is 4.72 Å². The normalized spacial score (nSPS) is 11.5. The Labute approximate surface area is 142 Å². The Morgan fingerprint density at radius 3 is 2.58 bits per heavy atom. The molecule has 5 nitrogen and oxygen atoms in total. The van der Waals surface area contributed by atoms with Gasteiger partial charge in [0.25, 0.3) is 0 Å². The molecule has 0 heterocycles. The van der Waals surface area contributed by atoms with Crippen LogP contribution in [0.15, 0.2) is 65.6 Å². The van der Waals surface area contributed by atoms with Crippen LogP contribution >= 0.6 is 0 Å². The van der Waals surface area contributed by atoms with Crippen molar-refractivity contribution in [2.24, 2.45) is 0 Å². The first kappa shape index (κ1) is 17.9. The lowest BCUT2D eigenvalue weighted by molar-refractivity contribution is -0.134. The zero-order valence-corrected chi connectivity index (χ0v) is 14.1. The number of methoxy groups -OCH3 is 1. The van der Waals surface area contributed by atoms with Gasteiger partial charge in [-0.3, -0.25) is 0 Å². The molecule has 0 aliphatic carbocycles. The smallest absolute Gasteiger partial charge is 0.330 e. The molecule has 0 saturated carbocycles. The molecule has 0 spiro atoms. The van der Waals surface area contributed by atoms with Gasteiger partial charge in [-0.1, -0.05) is 42.5 Å². The first-order chi connectivity index (χ1) is 11.5. The predicted molar refractivity (Wildman–Crippen MR) is 92.8 cm³/mol. The topological polar surface area (TPSA) is 72.5 Å². The van der Waals surface area contributed by atoms with Crippen molar-refractivity contribution in [2.75, 3.05) is 13.7 Å². The summed E-state index contributed by atoms with van der Waals surface area (Å²) < 4.78 is 31.8. The second-order valence-corrected chi connectivity index (χ2v) is 6.83. The Balaban J connectivity index is 2.03. The van der Waals surface area contributed by atoms with E-state index in [1.807, 2.05) is 30.3 Å². The third-order valence-corrected chi connectivity index (χ3v) is 4.79. The molecule has 0 aromatic heterocycles. The number of hydrogen-bond donors (Lipinski definition) is 1. The van der Waals surface area contributed by atoms with E-state index in [1.165, 1.54) is 31.4 Å². The number of carbonyl (C=O) groups excluding carboxylic acids is 1. The van der Waals surface area contributed by atoms with Gasteiger partial charge in [-0.05, 0) is 35.8 Å². The molecule has 0 aliphatic heterocycles. The van der Waals surface area contributed by atoms with Crippen LogP contribution < -0.4 is 4.72 Å². The maximum absolute atomic E-state index is 12.3. The second-order valence-electron chi connectivity index (χ2n) is 5.06. The molecular weight excluding hydrogens is 326 g/mol. The van der Waals surface area contributed by atoms with E-state index < -0.39 is 16.0 Å². The lowest BCUT2D eigenvalue weighted by Crippen LogP contribution is -2.26. The molecule has 2 aromatic carbocycles. The molecule has 2 rings (SSSR count). The van der Waals surface area contributed by atoms with Crippen molar-refractivity contribution in [3.8, 4) is 0 Å². The molecule has 0 bridgehead atoms. The standard InChI is InChI=1S/C18H19NO4S/c1-23-18(20)11-10-16-8-5-9-17(14-16)24(21,22)19-13-12-15-6-3-2-4-7-15/h2-11,14,19H,12-13H2,1H3/b11-10+. The molecule has 0 aliphatic rings. The molecule has 24 heavy (non-hydrogen) atoms. The van der Waals surface area contributed by atoms with Crippen LogP contribution in [0.1, 0.15) is 11.1 Å². The molecule has 0 radical (unpaired) electrons. The van der Waals surface area contributed by atoms with Crippen LogP contribution in [0.4, 0.5) is 0 Å². The van der Waals surface area contributed by atoms with Crippen molar-refractivity contribution in [3.63, 3.8) is 0 Å². The van der Waals surface area contributed by atoms with E-state index in [-0.39, 0.29) is 4.90 Å². The zero-order valence-electron chi connectivity index (χ0n) is 13.3. The van der Waals surface area contributed by atoms with Crippen LogP contribution in [0.25, 0.3) is 6.08 Å². The summed E-state index contributed by atoms with van der Waals surface area (Å²) in [4.78, 5) is 11.3. The zero-order chi connectivity index (χ0) is 17.4. The fraction of sp³-hybridized carbons (Fsp3) is 0.167. The highest BCUT2D eigenvalue weighted by Gasteiger charge is 2.13. The summed E-state index contributed by atoms with van der Waals surface area (Å²) in [5, 5.41) is 0. The lowest BCUT2D eigenvalue weighted by atomic mass is 10.2. The minimum atomic E-state index is -3.60. The molecule has 126 valence electrons. The van der Waals surface area contributed by atoms with E-state index in [0.717, 1.165) is 5.56 Å². The number of carbonyl (C=O) groups is 1. The number of hydrogen-bond acceptors (Lipinski definition) is 4. The number of ether oxygens (including phenoxy) is 1. The predicted octanol–water partition coefficient (Wildman–Crippen LogP) is 2.39.